The van der Waals surface area contributed by atoms with Gasteiger partial charge in [-0.15, -0.1) is 0 Å². The number of nitriles is 1. The highest BCUT2D eigenvalue weighted by atomic mass is 14.2. The SMILES string of the molecule is CCCCCc1ccccc1-c1ccccc1-c1ccccc1C#N. The van der Waals surface area contributed by atoms with E-state index >= 15 is 0 Å². The van der Waals surface area contributed by atoms with Crippen LogP contribution < -0.4 is 0 Å². The minimum absolute atomic E-state index is 0.721. The third kappa shape index (κ3) is 3.80. The molecule has 3 aromatic carbocycles. The van der Waals surface area contributed by atoms with Crippen molar-refractivity contribution in [1.29, 1.82) is 5.26 Å². The smallest absolute Gasteiger partial charge is 0.0998 e. The van der Waals surface area contributed by atoms with Crippen LogP contribution in [0.5, 0.6) is 0 Å². The van der Waals surface area contributed by atoms with Crippen molar-refractivity contribution >= 4 is 0 Å². The summed E-state index contributed by atoms with van der Waals surface area (Å²) in [6.45, 7) is 2.24. The van der Waals surface area contributed by atoms with E-state index in [1.807, 2.05) is 30.3 Å². The monoisotopic (exact) mass is 325 g/mol. The Morgan fingerprint density at radius 3 is 1.92 bits per heavy atom. The van der Waals surface area contributed by atoms with E-state index in [-0.39, 0.29) is 0 Å². The van der Waals surface area contributed by atoms with Crippen LogP contribution in [0, 0.1) is 11.3 Å². The molecule has 0 unspecified atom stereocenters. The van der Waals surface area contributed by atoms with Crippen LogP contribution in [0.3, 0.4) is 0 Å². The molecule has 0 amide bonds. The molecule has 0 N–H and O–H groups in total. The second-order valence-corrected chi connectivity index (χ2v) is 6.32. The van der Waals surface area contributed by atoms with Gasteiger partial charge in [0.05, 0.1) is 11.6 Å². The zero-order chi connectivity index (χ0) is 17.5. The summed E-state index contributed by atoms with van der Waals surface area (Å²) in [6, 6.07) is 27.3. The summed E-state index contributed by atoms with van der Waals surface area (Å²) in [4.78, 5) is 0. The second-order valence-electron chi connectivity index (χ2n) is 6.32. The van der Waals surface area contributed by atoms with Crippen LogP contribution in [0.4, 0.5) is 0 Å². The van der Waals surface area contributed by atoms with Crippen LogP contribution in [-0.2, 0) is 6.42 Å². The van der Waals surface area contributed by atoms with Gasteiger partial charge in [0.15, 0.2) is 0 Å². The first-order chi connectivity index (χ1) is 12.3. The molecule has 1 heteroatoms. The Labute approximate surface area is 150 Å². The van der Waals surface area contributed by atoms with E-state index in [2.05, 4.69) is 55.5 Å². The minimum Gasteiger partial charge on any atom is -0.192 e. The normalized spacial score (nSPS) is 10.4. The van der Waals surface area contributed by atoms with E-state index in [4.69, 9.17) is 0 Å². The molecule has 0 saturated carbocycles. The van der Waals surface area contributed by atoms with Gasteiger partial charge in [0, 0.05) is 5.56 Å². The lowest BCUT2D eigenvalue weighted by Gasteiger charge is -2.15. The molecule has 0 saturated heterocycles. The zero-order valence-corrected chi connectivity index (χ0v) is 14.7. The van der Waals surface area contributed by atoms with Crippen molar-refractivity contribution < 1.29 is 0 Å². The first-order valence-corrected chi connectivity index (χ1v) is 9.02. The average Bonchev–Trinajstić information content (AvgIpc) is 2.68. The quantitative estimate of drug-likeness (QED) is 0.467. The third-order valence-electron chi connectivity index (χ3n) is 4.62. The van der Waals surface area contributed by atoms with E-state index in [1.54, 1.807) is 0 Å². The predicted molar refractivity (Wildman–Crippen MR) is 105 cm³/mol. The Morgan fingerprint density at radius 2 is 1.24 bits per heavy atom. The Hall–Kier alpha value is -2.85. The number of unbranched alkanes of at least 4 members (excludes halogenated alkanes) is 2. The van der Waals surface area contributed by atoms with Gasteiger partial charge >= 0.3 is 0 Å². The zero-order valence-electron chi connectivity index (χ0n) is 14.7. The van der Waals surface area contributed by atoms with E-state index in [1.165, 1.54) is 36.0 Å². The van der Waals surface area contributed by atoms with Crippen molar-refractivity contribution in [3.8, 4) is 28.3 Å². The van der Waals surface area contributed by atoms with Crippen LogP contribution >= 0.6 is 0 Å². The molecular formula is C24H23N. The number of nitrogens with zero attached hydrogens (tertiary/aromatic N) is 1. The van der Waals surface area contributed by atoms with E-state index in [0.29, 0.717) is 0 Å². The summed E-state index contributed by atoms with van der Waals surface area (Å²) in [5.74, 6) is 0. The van der Waals surface area contributed by atoms with Gasteiger partial charge in [-0.2, -0.15) is 5.26 Å². The molecule has 3 rings (SSSR count). The number of rotatable bonds is 6. The van der Waals surface area contributed by atoms with Gasteiger partial charge in [0.2, 0.25) is 0 Å². The lowest BCUT2D eigenvalue weighted by Crippen LogP contribution is -1.93. The number of hydrogen-bond acceptors (Lipinski definition) is 1. The van der Waals surface area contributed by atoms with Crippen molar-refractivity contribution in [2.24, 2.45) is 0 Å². The predicted octanol–water partition coefficient (Wildman–Crippen LogP) is 6.62. The van der Waals surface area contributed by atoms with Crippen LogP contribution in [-0.4, -0.2) is 0 Å². The summed E-state index contributed by atoms with van der Waals surface area (Å²) < 4.78 is 0. The third-order valence-corrected chi connectivity index (χ3v) is 4.62. The number of benzene rings is 3. The van der Waals surface area contributed by atoms with Crippen LogP contribution in [0.2, 0.25) is 0 Å². The molecule has 0 fully saturated rings. The van der Waals surface area contributed by atoms with E-state index < -0.39 is 0 Å². The van der Waals surface area contributed by atoms with Crippen LogP contribution in [0.25, 0.3) is 22.3 Å². The number of aryl methyl sites for hydroxylation is 1. The minimum atomic E-state index is 0.721. The summed E-state index contributed by atoms with van der Waals surface area (Å²) in [5, 5.41) is 9.49. The molecule has 25 heavy (non-hydrogen) atoms. The van der Waals surface area contributed by atoms with Gasteiger partial charge in [0.25, 0.3) is 0 Å². The molecule has 0 bridgehead atoms. The Bertz CT molecular complexity index is 886. The van der Waals surface area contributed by atoms with Crippen molar-refractivity contribution in [3.05, 3.63) is 83.9 Å². The maximum absolute atomic E-state index is 9.49. The molecule has 0 aliphatic carbocycles. The molecule has 0 aliphatic heterocycles. The van der Waals surface area contributed by atoms with Gasteiger partial charge in [0.1, 0.15) is 0 Å². The first kappa shape index (κ1) is 17.0. The molecular weight excluding hydrogens is 302 g/mol. The molecule has 1 nitrogen and oxygen atoms in total. The average molecular weight is 325 g/mol. The highest BCUT2D eigenvalue weighted by Crippen LogP contribution is 2.35. The molecule has 0 heterocycles. The Balaban J connectivity index is 2.10. The summed E-state index contributed by atoms with van der Waals surface area (Å²) in [6.07, 6.45) is 4.80. The Morgan fingerprint density at radius 1 is 0.680 bits per heavy atom. The molecule has 0 aromatic heterocycles. The second kappa shape index (κ2) is 8.31. The number of hydrogen-bond donors (Lipinski definition) is 0. The molecule has 0 aliphatic rings. The van der Waals surface area contributed by atoms with Gasteiger partial charge in [-0.1, -0.05) is 86.5 Å². The lowest BCUT2D eigenvalue weighted by atomic mass is 9.89. The van der Waals surface area contributed by atoms with Crippen LogP contribution in [0.1, 0.15) is 37.3 Å². The fraction of sp³-hybridized carbons (Fsp3) is 0.208. The summed E-state index contributed by atoms with van der Waals surface area (Å²) in [7, 11) is 0. The fourth-order valence-electron chi connectivity index (χ4n) is 3.33. The highest BCUT2D eigenvalue weighted by molar-refractivity contribution is 5.87. The van der Waals surface area contributed by atoms with Crippen molar-refractivity contribution in [3.63, 3.8) is 0 Å². The van der Waals surface area contributed by atoms with Gasteiger partial charge in [-0.05, 0) is 41.2 Å². The fourth-order valence-corrected chi connectivity index (χ4v) is 3.33. The lowest BCUT2D eigenvalue weighted by molar-refractivity contribution is 0.718. The maximum Gasteiger partial charge on any atom is 0.0998 e. The molecule has 0 atom stereocenters. The summed E-state index contributed by atoms with van der Waals surface area (Å²) >= 11 is 0. The van der Waals surface area contributed by atoms with Gasteiger partial charge in [-0.25, -0.2) is 0 Å². The molecule has 3 aromatic rings. The first-order valence-electron chi connectivity index (χ1n) is 9.02. The van der Waals surface area contributed by atoms with Crippen molar-refractivity contribution in [2.45, 2.75) is 32.6 Å². The van der Waals surface area contributed by atoms with Crippen molar-refractivity contribution in [2.75, 3.05) is 0 Å². The largest absolute Gasteiger partial charge is 0.192 e. The molecule has 0 spiro atoms. The van der Waals surface area contributed by atoms with E-state index in [9.17, 15) is 5.26 Å². The highest BCUT2D eigenvalue weighted by Gasteiger charge is 2.12. The maximum atomic E-state index is 9.49. The van der Waals surface area contributed by atoms with E-state index in [0.717, 1.165) is 23.1 Å². The van der Waals surface area contributed by atoms with Gasteiger partial charge in [-0.3, -0.25) is 0 Å². The summed E-state index contributed by atoms with van der Waals surface area (Å²) in [5.41, 5.74) is 6.72. The Kier molecular flexibility index (Phi) is 5.65. The standard InChI is InChI=1S/C24H23N/c1-2-3-4-11-19-12-5-7-14-21(19)23-16-9-10-17-24(23)22-15-8-6-13-20(22)18-25/h5-10,12-17H,2-4,11H2,1H3. The van der Waals surface area contributed by atoms with Gasteiger partial charge < -0.3 is 0 Å². The van der Waals surface area contributed by atoms with Crippen LogP contribution in [0.15, 0.2) is 72.8 Å². The van der Waals surface area contributed by atoms with Crippen molar-refractivity contribution in [1.82, 2.24) is 0 Å². The molecule has 0 radical (unpaired) electrons. The topological polar surface area (TPSA) is 23.8 Å². The molecule has 124 valence electrons.